The van der Waals surface area contributed by atoms with Gasteiger partial charge in [0.1, 0.15) is 0 Å². The number of rotatable bonds is 3. The largest absolute Gasteiger partial charge is 0.350 e. The molecule has 3 heteroatoms. The third kappa shape index (κ3) is 3.07. The molecule has 0 aliphatic carbocycles. The Kier molecular flexibility index (Phi) is 4.65. The first-order valence-corrected chi connectivity index (χ1v) is 6.90. The predicted molar refractivity (Wildman–Crippen MR) is 66.7 cm³/mol. The molecule has 1 rings (SSSR count). The van der Waals surface area contributed by atoms with Crippen LogP contribution >= 0.6 is 22.6 Å². The monoisotopic (exact) mass is 312 g/mol. The van der Waals surface area contributed by atoms with Crippen molar-refractivity contribution in [3.63, 3.8) is 0 Å². The molecule has 14 heavy (non-hydrogen) atoms. The second-order valence-corrected chi connectivity index (χ2v) is 5.47. The molecule has 0 radical (unpaired) electrons. The molecular formula is C11H21IO2. The Labute approximate surface area is 101 Å². The zero-order valence-corrected chi connectivity index (χ0v) is 11.7. The Morgan fingerprint density at radius 1 is 1.50 bits per heavy atom. The van der Waals surface area contributed by atoms with Crippen LogP contribution < -0.4 is 0 Å². The lowest BCUT2D eigenvalue weighted by Crippen LogP contribution is -2.48. The molecule has 2 nitrogen and oxygen atoms in total. The maximum Gasteiger partial charge on any atom is 0.163 e. The minimum atomic E-state index is -0.392. The van der Waals surface area contributed by atoms with E-state index >= 15 is 0 Å². The topological polar surface area (TPSA) is 18.5 Å². The van der Waals surface area contributed by atoms with Crippen LogP contribution in [-0.4, -0.2) is 22.9 Å². The van der Waals surface area contributed by atoms with E-state index in [4.69, 9.17) is 9.47 Å². The van der Waals surface area contributed by atoms with E-state index in [0.717, 1.165) is 17.5 Å². The summed E-state index contributed by atoms with van der Waals surface area (Å²) in [5, 5.41) is 0. The van der Waals surface area contributed by atoms with Gasteiger partial charge >= 0.3 is 0 Å². The van der Waals surface area contributed by atoms with E-state index in [2.05, 4.69) is 36.4 Å². The minimum Gasteiger partial charge on any atom is -0.350 e. The zero-order chi connectivity index (χ0) is 10.8. The molecule has 0 aromatic carbocycles. The fourth-order valence-electron chi connectivity index (χ4n) is 1.88. The van der Waals surface area contributed by atoms with Gasteiger partial charge in [0.05, 0.1) is 12.7 Å². The molecule has 84 valence electrons. The molecule has 1 heterocycles. The second kappa shape index (κ2) is 5.12. The molecule has 0 bridgehead atoms. The summed E-state index contributed by atoms with van der Waals surface area (Å²) in [6.45, 7) is 9.33. The van der Waals surface area contributed by atoms with Gasteiger partial charge in [-0.15, -0.1) is 0 Å². The van der Waals surface area contributed by atoms with Crippen LogP contribution in [0.2, 0.25) is 0 Å². The Bertz CT molecular complexity index is 182. The third-order valence-electron chi connectivity index (χ3n) is 2.86. The molecule has 1 saturated heterocycles. The van der Waals surface area contributed by atoms with Gasteiger partial charge in [-0.1, -0.05) is 36.4 Å². The minimum absolute atomic E-state index is 0.362. The standard InChI is InChI=1S/C11H21IO2/c1-5-9-7-13-11(3,4)14-10(9)8(2)6-12/h8-10H,5-7H2,1-4H3/t8-,9-,10-/m0/s1. The molecule has 1 aliphatic rings. The number of alkyl halides is 1. The SMILES string of the molecule is CC[C@H]1COC(C)(C)O[C@H]1[C@@H](C)CI. The average molecular weight is 312 g/mol. The molecule has 3 atom stereocenters. The van der Waals surface area contributed by atoms with Crippen molar-refractivity contribution in [2.75, 3.05) is 11.0 Å². The molecule has 1 aliphatic heterocycles. The van der Waals surface area contributed by atoms with Crippen LogP contribution in [-0.2, 0) is 9.47 Å². The second-order valence-electron chi connectivity index (χ2n) is 4.59. The lowest BCUT2D eigenvalue weighted by atomic mass is 9.90. The van der Waals surface area contributed by atoms with Gasteiger partial charge in [0.2, 0.25) is 0 Å². The third-order valence-corrected chi connectivity index (χ3v) is 4.25. The Morgan fingerprint density at radius 3 is 2.64 bits per heavy atom. The van der Waals surface area contributed by atoms with E-state index < -0.39 is 5.79 Å². The molecule has 0 amide bonds. The van der Waals surface area contributed by atoms with Gasteiger partial charge in [-0.25, -0.2) is 0 Å². The van der Waals surface area contributed by atoms with Crippen molar-refractivity contribution in [3.8, 4) is 0 Å². The van der Waals surface area contributed by atoms with Gasteiger partial charge in [0.15, 0.2) is 5.79 Å². The van der Waals surface area contributed by atoms with Crippen molar-refractivity contribution >= 4 is 22.6 Å². The van der Waals surface area contributed by atoms with Gasteiger partial charge < -0.3 is 9.47 Å². The summed E-state index contributed by atoms with van der Waals surface area (Å²) < 4.78 is 12.8. The van der Waals surface area contributed by atoms with Gasteiger partial charge in [0.25, 0.3) is 0 Å². The average Bonchev–Trinajstić information content (AvgIpc) is 2.15. The molecule has 0 unspecified atom stereocenters. The summed E-state index contributed by atoms with van der Waals surface area (Å²) in [5.41, 5.74) is 0. The highest BCUT2D eigenvalue weighted by molar-refractivity contribution is 14.1. The fraction of sp³-hybridized carbons (Fsp3) is 1.00. The summed E-state index contributed by atoms with van der Waals surface area (Å²) in [4.78, 5) is 0. The van der Waals surface area contributed by atoms with Crippen molar-refractivity contribution in [2.45, 2.75) is 46.0 Å². The smallest absolute Gasteiger partial charge is 0.163 e. The molecule has 0 saturated carbocycles. The van der Waals surface area contributed by atoms with Crippen molar-refractivity contribution in [2.24, 2.45) is 11.8 Å². The summed E-state index contributed by atoms with van der Waals surface area (Å²) >= 11 is 2.43. The van der Waals surface area contributed by atoms with E-state index in [1.807, 2.05) is 13.8 Å². The summed E-state index contributed by atoms with van der Waals surface area (Å²) in [6.07, 6.45) is 1.50. The van der Waals surface area contributed by atoms with Crippen LogP contribution in [0.25, 0.3) is 0 Å². The number of ether oxygens (including phenoxy) is 2. The van der Waals surface area contributed by atoms with E-state index in [9.17, 15) is 0 Å². The van der Waals surface area contributed by atoms with E-state index in [1.165, 1.54) is 0 Å². The Balaban J connectivity index is 2.65. The molecular weight excluding hydrogens is 291 g/mol. The molecule has 0 N–H and O–H groups in total. The van der Waals surface area contributed by atoms with E-state index in [0.29, 0.717) is 17.9 Å². The summed E-state index contributed by atoms with van der Waals surface area (Å²) in [7, 11) is 0. The summed E-state index contributed by atoms with van der Waals surface area (Å²) in [6, 6.07) is 0. The maximum atomic E-state index is 6.00. The molecule has 1 fully saturated rings. The van der Waals surface area contributed by atoms with Crippen LogP contribution in [0.4, 0.5) is 0 Å². The van der Waals surface area contributed by atoms with E-state index in [1.54, 1.807) is 0 Å². The summed E-state index contributed by atoms with van der Waals surface area (Å²) in [5.74, 6) is 0.785. The molecule has 0 spiro atoms. The fourth-order valence-corrected chi connectivity index (χ4v) is 2.38. The van der Waals surface area contributed by atoms with Gasteiger partial charge in [-0.3, -0.25) is 0 Å². The quantitative estimate of drug-likeness (QED) is 0.588. The predicted octanol–water partition coefficient (Wildman–Crippen LogP) is 3.24. The van der Waals surface area contributed by atoms with Gasteiger partial charge in [-0.2, -0.15) is 0 Å². The normalized spacial score (nSPS) is 34.1. The highest BCUT2D eigenvalue weighted by Gasteiger charge is 2.37. The number of halogens is 1. The van der Waals surface area contributed by atoms with Crippen molar-refractivity contribution in [3.05, 3.63) is 0 Å². The van der Waals surface area contributed by atoms with Crippen LogP contribution in [0.1, 0.15) is 34.1 Å². The van der Waals surface area contributed by atoms with Gasteiger partial charge in [-0.05, 0) is 26.2 Å². The number of hydrogen-bond donors (Lipinski definition) is 0. The highest BCUT2D eigenvalue weighted by Crippen LogP contribution is 2.32. The first-order valence-electron chi connectivity index (χ1n) is 5.38. The maximum absolute atomic E-state index is 6.00. The first kappa shape index (κ1) is 12.7. The van der Waals surface area contributed by atoms with Gasteiger partial charge in [0, 0.05) is 10.3 Å². The Morgan fingerprint density at radius 2 is 2.14 bits per heavy atom. The number of hydrogen-bond acceptors (Lipinski definition) is 2. The first-order chi connectivity index (χ1) is 6.50. The van der Waals surface area contributed by atoms with E-state index in [-0.39, 0.29) is 0 Å². The molecule has 0 aromatic heterocycles. The van der Waals surface area contributed by atoms with Crippen molar-refractivity contribution in [1.82, 2.24) is 0 Å². The van der Waals surface area contributed by atoms with Crippen LogP contribution in [0.3, 0.4) is 0 Å². The lowest BCUT2D eigenvalue weighted by molar-refractivity contribution is -0.300. The van der Waals surface area contributed by atoms with Crippen LogP contribution in [0.5, 0.6) is 0 Å². The van der Waals surface area contributed by atoms with Crippen molar-refractivity contribution < 1.29 is 9.47 Å². The van der Waals surface area contributed by atoms with Crippen LogP contribution in [0.15, 0.2) is 0 Å². The van der Waals surface area contributed by atoms with Crippen molar-refractivity contribution in [1.29, 1.82) is 0 Å². The molecule has 0 aromatic rings. The zero-order valence-electron chi connectivity index (χ0n) is 9.55. The lowest BCUT2D eigenvalue weighted by Gasteiger charge is -2.43. The Hall–Kier alpha value is 0.650. The van der Waals surface area contributed by atoms with Crippen LogP contribution in [0, 0.1) is 11.8 Å². The highest BCUT2D eigenvalue weighted by atomic mass is 127.